The highest BCUT2D eigenvalue weighted by molar-refractivity contribution is 7.98. The lowest BCUT2D eigenvalue weighted by Gasteiger charge is -2.15. The third-order valence-electron chi connectivity index (χ3n) is 5.61. The minimum Gasteiger partial charge on any atom is -0.542 e. The number of pyridine rings is 2. The molecule has 10 nitrogen and oxygen atoms in total. The van der Waals surface area contributed by atoms with Crippen LogP contribution in [0.3, 0.4) is 0 Å². The molecule has 3 heterocycles. The first-order chi connectivity index (χ1) is 18.8. The predicted molar refractivity (Wildman–Crippen MR) is 138 cm³/mol. The zero-order valence-corrected chi connectivity index (χ0v) is 22.3. The number of amides is 1. The minimum atomic E-state index is -5.19. The number of carbonyl (C=O) groups excluding carboxylic acids is 2. The summed E-state index contributed by atoms with van der Waals surface area (Å²) in [5.41, 5.74) is 2.98. The second-order valence-corrected chi connectivity index (χ2v) is 10.0. The number of aromatic hydroxyl groups is 1. The van der Waals surface area contributed by atoms with E-state index in [1.54, 1.807) is 11.8 Å². The molecule has 0 saturated heterocycles. The number of benzene rings is 1. The van der Waals surface area contributed by atoms with Crippen LogP contribution in [0.15, 0.2) is 52.3 Å². The molecule has 1 amide bonds. The average Bonchev–Trinajstić information content (AvgIpc) is 3.40. The van der Waals surface area contributed by atoms with Gasteiger partial charge in [0.25, 0.3) is 11.5 Å². The van der Waals surface area contributed by atoms with Crippen LogP contribution in [0.5, 0.6) is 5.75 Å². The van der Waals surface area contributed by atoms with Crippen LogP contribution in [0.2, 0.25) is 0 Å². The summed E-state index contributed by atoms with van der Waals surface area (Å²) in [6, 6.07) is 11.9. The maximum absolute atomic E-state index is 13.2. The van der Waals surface area contributed by atoms with Crippen molar-refractivity contribution in [2.24, 2.45) is 0 Å². The number of aromatic nitrogens is 2. The average molecular weight is 598 g/mol. The number of thioether (sulfide) groups is 2. The van der Waals surface area contributed by atoms with E-state index in [2.05, 4.69) is 16.4 Å². The monoisotopic (exact) mass is 597 g/mol. The second-order valence-electron chi connectivity index (χ2n) is 8.21. The first-order valence-corrected chi connectivity index (χ1v) is 13.7. The molecule has 3 aromatic rings. The summed E-state index contributed by atoms with van der Waals surface area (Å²) in [6.45, 7) is -0.431. The number of alkyl halides is 3. The molecule has 0 saturated carbocycles. The summed E-state index contributed by atoms with van der Waals surface area (Å²) in [5, 5.41) is 30.4. The van der Waals surface area contributed by atoms with E-state index in [1.165, 1.54) is 16.3 Å². The number of nitrogens with one attached hydrogen (secondary N) is 2. The molecule has 1 aliphatic rings. The van der Waals surface area contributed by atoms with Crippen molar-refractivity contribution in [3.8, 4) is 17.0 Å². The van der Waals surface area contributed by atoms with Gasteiger partial charge in [0.1, 0.15) is 23.8 Å². The highest BCUT2D eigenvalue weighted by atomic mass is 32.2. The molecule has 0 aliphatic carbocycles. The van der Waals surface area contributed by atoms with E-state index in [4.69, 9.17) is 15.0 Å². The Morgan fingerprint density at radius 2 is 1.85 bits per heavy atom. The standard InChI is InChI=1S/C23H21N3O5S2.C2HF3O2/c1-32-18-5-3-2-4-14(18)16-7-6-13(8-24-16)10-26-17-12-33-11-15(17)21(29)20(23(26)31)22(30)25-9-19(27)28;3-2(4,5)1(6)7/h2-8,29H,9-12H2,1H3,(H,25,30)(H,27,28);(H,6,7). The Hall–Kier alpha value is -3.98. The molecule has 0 radical (unpaired) electrons. The van der Waals surface area contributed by atoms with Gasteiger partial charge in [-0.25, -0.2) is 4.98 Å². The Morgan fingerprint density at radius 3 is 2.42 bits per heavy atom. The van der Waals surface area contributed by atoms with Gasteiger partial charge in [0.2, 0.25) is 5.69 Å². The van der Waals surface area contributed by atoms with Gasteiger partial charge in [-0.05, 0) is 24.5 Å². The van der Waals surface area contributed by atoms with Crippen molar-refractivity contribution in [2.45, 2.75) is 29.1 Å². The van der Waals surface area contributed by atoms with Crippen molar-refractivity contribution in [2.75, 3.05) is 12.8 Å². The predicted octanol–water partition coefficient (Wildman–Crippen LogP) is 1.66. The fourth-order valence-electron chi connectivity index (χ4n) is 3.76. The molecular formula is C25H22F3N3O7S2. The Morgan fingerprint density at radius 1 is 1.18 bits per heavy atom. The number of carboxylic acids is 2. The number of halogens is 3. The van der Waals surface area contributed by atoms with Crippen LogP contribution < -0.4 is 21.0 Å². The molecule has 0 unspecified atom stereocenters. The summed E-state index contributed by atoms with van der Waals surface area (Å²) < 4.78 is 33.0. The number of rotatable bonds is 7. The number of nitrogens with zero attached hydrogens (tertiary/aromatic N) is 1. The number of hydrogen-bond acceptors (Lipinski definition) is 8. The third-order valence-corrected chi connectivity index (χ3v) is 7.38. The molecule has 4 N–H and O–H groups in total. The summed E-state index contributed by atoms with van der Waals surface area (Å²) >= 11 is 3.20. The van der Waals surface area contributed by atoms with E-state index in [0.717, 1.165) is 21.7 Å². The van der Waals surface area contributed by atoms with Crippen LogP contribution in [0, 0.1) is 0 Å². The maximum atomic E-state index is 13.2. The Balaban J connectivity index is 0.000000559. The lowest BCUT2D eigenvalue weighted by Crippen LogP contribution is -2.37. The largest absolute Gasteiger partial charge is 0.542 e. The van der Waals surface area contributed by atoms with Crippen molar-refractivity contribution < 1.29 is 47.9 Å². The van der Waals surface area contributed by atoms with Gasteiger partial charge < -0.3 is 30.0 Å². The van der Waals surface area contributed by atoms with Crippen LogP contribution in [-0.4, -0.2) is 51.6 Å². The number of H-pyrrole nitrogens is 1. The van der Waals surface area contributed by atoms with Gasteiger partial charge in [0.15, 0.2) is 6.20 Å². The van der Waals surface area contributed by atoms with Crippen molar-refractivity contribution in [1.82, 2.24) is 9.88 Å². The van der Waals surface area contributed by atoms with Gasteiger partial charge in [-0.2, -0.15) is 24.9 Å². The minimum absolute atomic E-state index is 0.210. The zero-order valence-electron chi connectivity index (χ0n) is 20.7. The lowest BCUT2D eigenvalue weighted by molar-refractivity contribution is -0.365. The summed E-state index contributed by atoms with van der Waals surface area (Å²) in [4.78, 5) is 49.7. The van der Waals surface area contributed by atoms with Crippen molar-refractivity contribution in [3.63, 3.8) is 0 Å². The summed E-state index contributed by atoms with van der Waals surface area (Å²) in [5.74, 6) is -4.50. The smallest absolute Gasteiger partial charge is 0.430 e. The fourth-order valence-corrected chi connectivity index (χ4v) is 5.51. The molecule has 0 spiro atoms. The van der Waals surface area contributed by atoms with E-state index in [9.17, 15) is 32.7 Å². The molecule has 0 atom stereocenters. The summed E-state index contributed by atoms with van der Waals surface area (Å²) in [6.07, 6.45) is -1.35. The number of carbonyl (C=O) groups is 3. The molecule has 2 aromatic heterocycles. The number of hydrogen-bond donors (Lipinski definition) is 3. The third kappa shape index (κ3) is 7.15. The maximum Gasteiger partial charge on any atom is 0.430 e. The molecule has 4 rings (SSSR count). The molecule has 15 heteroatoms. The molecule has 1 aliphatic heterocycles. The summed E-state index contributed by atoms with van der Waals surface area (Å²) in [7, 11) is 0. The van der Waals surface area contributed by atoms with Crippen molar-refractivity contribution >= 4 is 41.4 Å². The topological polar surface area (TPSA) is 163 Å². The zero-order chi connectivity index (χ0) is 29.6. The number of aromatic amines is 1. The highest BCUT2D eigenvalue weighted by Gasteiger charge is 2.30. The van der Waals surface area contributed by atoms with Crippen LogP contribution in [-0.2, 0) is 27.6 Å². The number of carboxylic acid groups (broad SMARTS) is 2. The van der Waals surface area contributed by atoms with Gasteiger partial charge >= 0.3 is 12.1 Å². The quantitative estimate of drug-likeness (QED) is 0.344. The number of fused-ring (bicyclic) bond motifs is 1. The van der Waals surface area contributed by atoms with E-state index in [0.29, 0.717) is 22.8 Å². The van der Waals surface area contributed by atoms with Gasteiger partial charge in [-0.3, -0.25) is 14.4 Å². The van der Waals surface area contributed by atoms with Crippen molar-refractivity contribution in [1.29, 1.82) is 0 Å². The van der Waals surface area contributed by atoms with Gasteiger partial charge in [-0.15, -0.1) is 11.8 Å². The first kappa shape index (κ1) is 30.6. The van der Waals surface area contributed by atoms with Crippen LogP contribution in [0.25, 0.3) is 11.3 Å². The first-order valence-electron chi connectivity index (χ1n) is 11.3. The highest BCUT2D eigenvalue weighted by Crippen LogP contribution is 2.36. The molecule has 0 fully saturated rings. The normalized spacial score (nSPS) is 12.2. The van der Waals surface area contributed by atoms with Gasteiger partial charge in [-0.1, -0.05) is 12.1 Å². The van der Waals surface area contributed by atoms with Crippen LogP contribution >= 0.6 is 23.5 Å². The van der Waals surface area contributed by atoms with Crippen LogP contribution in [0.4, 0.5) is 13.2 Å². The SMILES string of the molecule is CSc1ccccc1-c1ccc(Cn2c3c(c(O)c(C(=O)NCC(=O)O)c2=O)CSC3)c[nH+]1.O=C([O-])C(F)(F)F. The molecule has 1 aromatic carbocycles. The van der Waals surface area contributed by atoms with E-state index < -0.39 is 41.7 Å². The second kappa shape index (κ2) is 12.9. The van der Waals surface area contributed by atoms with Crippen LogP contribution in [0.1, 0.15) is 27.2 Å². The molecule has 0 bridgehead atoms. The van der Waals surface area contributed by atoms with Gasteiger partial charge in [0, 0.05) is 39.3 Å². The van der Waals surface area contributed by atoms with E-state index >= 15 is 0 Å². The Labute approximate surface area is 233 Å². The Bertz CT molecular complexity index is 1490. The fraction of sp³-hybridized carbons (Fsp3) is 0.240. The number of aliphatic carboxylic acids is 2. The van der Waals surface area contributed by atoms with Gasteiger partial charge in [0.05, 0.1) is 12.1 Å². The van der Waals surface area contributed by atoms with E-state index in [-0.39, 0.29) is 12.3 Å². The Kier molecular flexibility index (Phi) is 9.87. The van der Waals surface area contributed by atoms with E-state index in [1.807, 2.05) is 42.8 Å². The molecule has 40 heavy (non-hydrogen) atoms. The molecule has 212 valence electrons. The van der Waals surface area contributed by atoms with Crippen molar-refractivity contribution in [3.05, 3.63) is 75.3 Å². The molecular weight excluding hydrogens is 575 g/mol. The lowest BCUT2D eigenvalue weighted by atomic mass is 10.1.